The summed E-state index contributed by atoms with van der Waals surface area (Å²) >= 11 is 1.78. The standard InChI is InChI=1S/C5H6N2S/c1-3-7-5-4(8-3)2-6-5/h6H,2H2,1H3. The first-order valence-electron chi connectivity index (χ1n) is 2.56. The number of thiazole rings is 1. The van der Waals surface area contributed by atoms with Crippen LogP contribution in [0.1, 0.15) is 9.88 Å². The fourth-order valence-corrected chi connectivity index (χ4v) is 1.64. The van der Waals surface area contributed by atoms with E-state index in [-0.39, 0.29) is 0 Å². The molecule has 2 rings (SSSR count). The number of nitrogens with zero attached hydrogens (tertiary/aromatic N) is 1. The molecule has 1 aromatic rings. The average Bonchev–Trinajstić information content (AvgIpc) is 1.91. The molecule has 1 aliphatic heterocycles. The number of aromatic nitrogens is 1. The van der Waals surface area contributed by atoms with Crippen LogP contribution < -0.4 is 5.32 Å². The first-order chi connectivity index (χ1) is 3.86. The van der Waals surface area contributed by atoms with E-state index >= 15 is 0 Å². The molecule has 3 heteroatoms. The van der Waals surface area contributed by atoms with E-state index in [4.69, 9.17) is 0 Å². The van der Waals surface area contributed by atoms with Gasteiger partial charge in [-0.3, -0.25) is 0 Å². The first-order valence-corrected chi connectivity index (χ1v) is 3.38. The smallest absolute Gasteiger partial charge is 0.142 e. The Morgan fingerprint density at radius 1 is 1.75 bits per heavy atom. The molecule has 0 amide bonds. The molecule has 0 saturated carbocycles. The second kappa shape index (κ2) is 1.23. The van der Waals surface area contributed by atoms with E-state index in [1.807, 2.05) is 6.92 Å². The van der Waals surface area contributed by atoms with Crippen molar-refractivity contribution in [3.8, 4) is 0 Å². The van der Waals surface area contributed by atoms with Gasteiger partial charge in [-0.2, -0.15) is 0 Å². The normalized spacial score (nSPS) is 14.1. The number of aryl methyl sites for hydroxylation is 1. The van der Waals surface area contributed by atoms with Gasteiger partial charge < -0.3 is 5.32 Å². The number of rotatable bonds is 0. The average molecular weight is 126 g/mol. The zero-order chi connectivity index (χ0) is 5.56. The summed E-state index contributed by atoms with van der Waals surface area (Å²) in [5, 5.41) is 4.28. The zero-order valence-corrected chi connectivity index (χ0v) is 5.38. The van der Waals surface area contributed by atoms with Gasteiger partial charge in [0.05, 0.1) is 16.4 Å². The summed E-state index contributed by atoms with van der Waals surface area (Å²) in [7, 11) is 0. The minimum atomic E-state index is 1.03. The van der Waals surface area contributed by atoms with Crippen molar-refractivity contribution in [1.82, 2.24) is 4.98 Å². The molecular weight excluding hydrogens is 120 g/mol. The summed E-state index contributed by atoms with van der Waals surface area (Å²) in [6.45, 7) is 3.06. The summed E-state index contributed by atoms with van der Waals surface area (Å²) in [6.07, 6.45) is 0. The Morgan fingerprint density at radius 2 is 2.62 bits per heavy atom. The van der Waals surface area contributed by atoms with Crippen molar-refractivity contribution in [2.24, 2.45) is 0 Å². The SMILES string of the molecule is Cc1nc2c(s1)CN2. The van der Waals surface area contributed by atoms with Crippen LogP contribution in [0, 0.1) is 6.92 Å². The molecule has 1 aromatic heterocycles. The molecule has 8 heavy (non-hydrogen) atoms. The predicted molar refractivity (Wildman–Crippen MR) is 34.2 cm³/mol. The Balaban J connectivity index is 2.61. The molecule has 0 fully saturated rings. The lowest BCUT2D eigenvalue weighted by Crippen LogP contribution is -2.10. The van der Waals surface area contributed by atoms with E-state index < -0.39 is 0 Å². The van der Waals surface area contributed by atoms with E-state index in [1.54, 1.807) is 11.3 Å². The third kappa shape index (κ3) is 0.395. The molecule has 2 nitrogen and oxygen atoms in total. The topological polar surface area (TPSA) is 24.9 Å². The quantitative estimate of drug-likeness (QED) is 0.568. The molecule has 1 N–H and O–H groups in total. The van der Waals surface area contributed by atoms with Crippen LogP contribution in [0.3, 0.4) is 0 Å². The highest BCUT2D eigenvalue weighted by Gasteiger charge is 2.15. The van der Waals surface area contributed by atoms with Gasteiger partial charge in [0, 0.05) is 0 Å². The third-order valence-corrected chi connectivity index (χ3v) is 2.19. The van der Waals surface area contributed by atoms with Gasteiger partial charge in [0.15, 0.2) is 0 Å². The highest BCUT2D eigenvalue weighted by Crippen LogP contribution is 2.29. The maximum absolute atomic E-state index is 4.20. The van der Waals surface area contributed by atoms with Crippen LogP contribution in [-0.2, 0) is 6.54 Å². The van der Waals surface area contributed by atoms with Gasteiger partial charge >= 0.3 is 0 Å². The van der Waals surface area contributed by atoms with Crippen molar-refractivity contribution < 1.29 is 0 Å². The molecule has 0 saturated heterocycles. The van der Waals surface area contributed by atoms with E-state index in [0.717, 1.165) is 12.4 Å². The molecule has 0 radical (unpaired) electrons. The summed E-state index contributed by atoms with van der Waals surface area (Å²) in [6, 6.07) is 0. The second-order valence-electron chi connectivity index (χ2n) is 1.86. The second-order valence-corrected chi connectivity index (χ2v) is 3.15. The van der Waals surface area contributed by atoms with Gasteiger partial charge in [0.25, 0.3) is 0 Å². The van der Waals surface area contributed by atoms with Gasteiger partial charge in [-0.15, -0.1) is 11.3 Å². The highest BCUT2D eigenvalue weighted by atomic mass is 32.1. The van der Waals surface area contributed by atoms with Gasteiger partial charge in [0.1, 0.15) is 5.82 Å². The van der Waals surface area contributed by atoms with Crippen LogP contribution in [0.2, 0.25) is 0 Å². The number of hydrogen-bond donors (Lipinski definition) is 1. The maximum atomic E-state index is 4.20. The summed E-state index contributed by atoms with van der Waals surface area (Å²) < 4.78 is 0. The molecule has 0 unspecified atom stereocenters. The lowest BCUT2D eigenvalue weighted by Gasteiger charge is -2.11. The van der Waals surface area contributed by atoms with E-state index in [2.05, 4.69) is 10.3 Å². The monoisotopic (exact) mass is 126 g/mol. The molecule has 0 atom stereocenters. The summed E-state index contributed by atoms with van der Waals surface area (Å²) in [4.78, 5) is 5.61. The molecular formula is C5H6N2S. The fraction of sp³-hybridized carbons (Fsp3) is 0.400. The van der Waals surface area contributed by atoms with E-state index in [9.17, 15) is 0 Å². The molecule has 2 heterocycles. The zero-order valence-electron chi connectivity index (χ0n) is 4.56. The van der Waals surface area contributed by atoms with Crippen molar-refractivity contribution in [3.05, 3.63) is 9.88 Å². The number of hydrogen-bond acceptors (Lipinski definition) is 3. The van der Waals surface area contributed by atoms with Crippen molar-refractivity contribution in [2.45, 2.75) is 13.5 Å². The Hall–Kier alpha value is -0.570. The first kappa shape index (κ1) is 4.32. The predicted octanol–water partition coefficient (Wildman–Crippen LogP) is 1.38. The number of anilines is 1. The van der Waals surface area contributed by atoms with Crippen LogP contribution >= 0.6 is 11.3 Å². The Morgan fingerprint density at radius 3 is 2.88 bits per heavy atom. The van der Waals surface area contributed by atoms with E-state index in [0.29, 0.717) is 0 Å². The van der Waals surface area contributed by atoms with Crippen LogP contribution in [-0.4, -0.2) is 4.98 Å². The lowest BCUT2D eigenvalue weighted by molar-refractivity contribution is 1.05. The van der Waals surface area contributed by atoms with Gasteiger partial charge in [-0.25, -0.2) is 4.98 Å². The molecule has 1 aliphatic rings. The molecule has 0 aliphatic carbocycles. The lowest BCUT2D eigenvalue weighted by atomic mass is 10.3. The van der Waals surface area contributed by atoms with Crippen LogP contribution in [0.25, 0.3) is 0 Å². The molecule has 42 valence electrons. The third-order valence-electron chi connectivity index (χ3n) is 1.22. The van der Waals surface area contributed by atoms with Crippen molar-refractivity contribution >= 4 is 17.2 Å². The minimum Gasteiger partial charge on any atom is -0.364 e. The van der Waals surface area contributed by atoms with Crippen LogP contribution in [0.4, 0.5) is 5.82 Å². The van der Waals surface area contributed by atoms with Crippen LogP contribution in [0.5, 0.6) is 0 Å². The van der Waals surface area contributed by atoms with Gasteiger partial charge in [0.2, 0.25) is 0 Å². The minimum absolute atomic E-state index is 1.03. The van der Waals surface area contributed by atoms with Crippen molar-refractivity contribution in [2.75, 3.05) is 5.32 Å². The molecule has 0 spiro atoms. The van der Waals surface area contributed by atoms with Crippen LogP contribution in [0.15, 0.2) is 0 Å². The highest BCUT2D eigenvalue weighted by molar-refractivity contribution is 7.12. The van der Waals surface area contributed by atoms with Gasteiger partial charge in [-0.05, 0) is 6.92 Å². The van der Waals surface area contributed by atoms with E-state index in [1.165, 1.54) is 9.88 Å². The van der Waals surface area contributed by atoms with Gasteiger partial charge in [-0.1, -0.05) is 0 Å². The van der Waals surface area contributed by atoms with Crippen molar-refractivity contribution in [3.63, 3.8) is 0 Å². The number of nitrogens with one attached hydrogen (secondary N) is 1. The largest absolute Gasteiger partial charge is 0.364 e. The molecule has 0 bridgehead atoms. The summed E-state index contributed by atoms with van der Waals surface area (Å²) in [5.74, 6) is 1.10. The number of fused-ring (bicyclic) bond motifs is 1. The Labute approximate surface area is 51.6 Å². The summed E-state index contributed by atoms with van der Waals surface area (Å²) in [5.41, 5.74) is 0. The maximum Gasteiger partial charge on any atom is 0.142 e. The van der Waals surface area contributed by atoms with Crippen molar-refractivity contribution in [1.29, 1.82) is 0 Å². The molecule has 0 aromatic carbocycles. The Bertz CT molecular complexity index is 195. The fourth-order valence-electron chi connectivity index (χ4n) is 0.784. The Kier molecular flexibility index (Phi) is 0.663.